The number of sulfonamides is 1. The lowest BCUT2D eigenvalue weighted by Gasteiger charge is -2.36. The molecule has 2 aromatic rings. The molecule has 1 heterocycles. The summed E-state index contributed by atoms with van der Waals surface area (Å²) in [5.41, 5.74) is 0.273. The number of anilines is 1. The van der Waals surface area contributed by atoms with Crippen molar-refractivity contribution in [2.75, 3.05) is 38.1 Å². The Kier molecular flexibility index (Phi) is 13.0. The zero-order valence-electron chi connectivity index (χ0n) is 28.0. The Morgan fingerprint density at radius 1 is 1.06 bits per heavy atom. The number of aliphatic hydroxyl groups is 1. The van der Waals surface area contributed by atoms with Gasteiger partial charge in [0.15, 0.2) is 0 Å². The summed E-state index contributed by atoms with van der Waals surface area (Å²) in [7, 11) is -2.26. The molecule has 0 unspecified atom stereocenters. The number of fused-ring (bicyclic) bond motifs is 1. The molecule has 1 aliphatic heterocycles. The highest BCUT2D eigenvalue weighted by atomic mass is 32.2. The molecule has 10 nitrogen and oxygen atoms in total. The number of benzene rings is 2. The number of carbonyl (C=O) groups is 2. The third kappa shape index (κ3) is 9.90. The summed E-state index contributed by atoms with van der Waals surface area (Å²) in [5.74, 6) is -0.742. The lowest BCUT2D eigenvalue weighted by Crippen LogP contribution is -2.48. The standard InChI is InChI=1S/C35H50FN3O7S/c1-24-21-39(25(2)23-40)35(42)31-20-29(37-47(43,44)30-16-13-28(36)14-17-30)15-18-32(31)46-26(3)10-8-9-19-45-33(24)22-38(4)34(41)27-11-6-5-7-12-27/h13-18,20,24-27,33,37,40H,5-12,19,21-23H2,1-4H3/t24-,25-,26-,33+/m1/s1. The van der Waals surface area contributed by atoms with Gasteiger partial charge in [0, 0.05) is 44.3 Å². The monoisotopic (exact) mass is 675 g/mol. The summed E-state index contributed by atoms with van der Waals surface area (Å²) in [6.07, 6.45) is 6.83. The number of hydrogen-bond acceptors (Lipinski definition) is 7. The first-order valence-corrected chi connectivity index (χ1v) is 18.3. The molecular weight excluding hydrogens is 625 g/mol. The lowest BCUT2D eigenvalue weighted by atomic mass is 9.88. The Morgan fingerprint density at radius 2 is 1.74 bits per heavy atom. The van der Waals surface area contributed by atoms with Crippen LogP contribution in [0, 0.1) is 17.7 Å². The molecule has 1 fully saturated rings. The molecule has 0 saturated heterocycles. The van der Waals surface area contributed by atoms with Crippen molar-refractivity contribution in [3.8, 4) is 5.75 Å². The van der Waals surface area contributed by atoms with Crippen molar-refractivity contribution < 1.29 is 37.0 Å². The number of ether oxygens (including phenoxy) is 2. The van der Waals surface area contributed by atoms with E-state index < -0.39 is 27.8 Å². The van der Waals surface area contributed by atoms with E-state index in [9.17, 15) is 27.5 Å². The van der Waals surface area contributed by atoms with Gasteiger partial charge >= 0.3 is 0 Å². The number of aliphatic hydroxyl groups excluding tert-OH is 1. The Hall–Kier alpha value is -3.22. The Balaban J connectivity index is 1.64. The molecule has 47 heavy (non-hydrogen) atoms. The van der Waals surface area contributed by atoms with Crippen LogP contribution < -0.4 is 9.46 Å². The van der Waals surface area contributed by atoms with Crippen LogP contribution in [0.5, 0.6) is 5.75 Å². The summed E-state index contributed by atoms with van der Waals surface area (Å²) in [6.45, 7) is 6.45. The van der Waals surface area contributed by atoms with Crippen LogP contribution in [0.2, 0.25) is 0 Å². The van der Waals surface area contributed by atoms with Crippen LogP contribution in [0.3, 0.4) is 0 Å². The van der Waals surface area contributed by atoms with Crippen LogP contribution in [0.25, 0.3) is 0 Å². The number of hydrogen-bond donors (Lipinski definition) is 2. The Morgan fingerprint density at radius 3 is 2.43 bits per heavy atom. The van der Waals surface area contributed by atoms with Gasteiger partial charge < -0.3 is 24.4 Å². The number of rotatable bonds is 8. The summed E-state index contributed by atoms with van der Waals surface area (Å²) in [4.78, 5) is 30.9. The minimum absolute atomic E-state index is 0.0303. The fourth-order valence-corrected chi connectivity index (χ4v) is 7.35. The number of carbonyl (C=O) groups excluding carboxylic acids is 2. The van der Waals surface area contributed by atoms with Crippen molar-refractivity contribution in [2.45, 2.75) is 95.3 Å². The molecule has 0 spiro atoms. The van der Waals surface area contributed by atoms with E-state index in [2.05, 4.69) is 4.72 Å². The molecule has 1 saturated carbocycles. The van der Waals surface area contributed by atoms with Crippen molar-refractivity contribution >= 4 is 27.5 Å². The van der Waals surface area contributed by atoms with Gasteiger partial charge in [0.05, 0.1) is 35.3 Å². The number of halogens is 1. The van der Waals surface area contributed by atoms with Gasteiger partial charge in [-0.3, -0.25) is 14.3 Å². The summed E-state index contributed by atoms with van der Waals surface area (Å²) < 4.78 is 54.7. The average Bonchev–Trinajstić information content (AvgIpc) is 3.06. The topological polar surface area (TPSA) is 125 Å². The van der Waals surface area contributed by atoms with Crippen LogP contribution in [-0.4, -0.2) is 86.7 Å². The van der Waals surface area contributed by atoms with Gasteiger partial charge in [-0.2, -0.15) is 0 Å². The van der Waals surface area contributed by atoms with Crippen molar-refractivity contribution in [2.24, 2.45) is 11.8 Å². The molecule has 2 amide bonds. The van der Waals surface area contributed by atoms with Gasteiger partial charge in [0.2, 0.25) is 5.91 Å². The molecule has 260 valence electrons. The molecule has 1 aliphatic carbocycles. The molecule has 0 radical (unpaired) electrons. The molecule has 2 aliphatic rings. The van der Waals surface area contributed by atoms with Crippen LogP contribution in [0.4, 0.5) is 10.1 Å². The first kappa shape index (κ1) is 36.6. The van der Waals surface area contributed by atoms with E-state index >= 15 is 0 Å². The van der Waals surface area contributed by atoms with Gasteiger partial charge in [-0.25, -0.2) is 12.8 Å². The molecule has 12 heteroatoms. The van der Waals surface area contributed by atoms with Crippen LogP contribution >= 0.6 is 0 Å². The van der Waals surface area contributed by atoms with Crippen molar-refractivity contribution in [3.05, 3.63) is 53.8 Å². The quantitative estimate of drug-likeness (QED) is 0.381. The third-order valence-electron chi connectivity index (χ3n) is 9.21. The second-order valence-corrected chi connectivity index (χ2v) is 14.8. The fraction of sp³-hybridized carbons (Fsp3) is 0.600. The number of likely N-dealkylation sites (N-methyl/N-ethyl adjacent to an activating group) is 1. The zero-order chi connectivity index (χ0) is 34.1. The van der Waals surface area contributed by atoms with E-state index in [-0.39, 0.29) is 59.2 Å². The number of nitrogens with zero attached hydrogens (tertiary/aromatic N) is 2. The SMILES string of the molecule is C[C@@H]1CCCCO[C@@H](CN(C)C(=O)C2CCCCC2)[C@H](C)CN([C@H](C)CO)C(=O)c2cc(NS(=O)(=O)c3ccc(F)cc3)ccc2O1. The molecular formula is C35H50FN3O7S. The maximum atomic E-state index is 14.3. The van der Waals surface area contributed by atoms with E-state index in [1.165, 1.54) is 12.1 Å². The van der Waals surface area contributed by atoms with Crippen LogP contribution in [-0.2, 0) is 19.6 Å². The second-order valence-electron chi connectivity index (χ2n) is 13.1. The Bertz CT molecular complexity index is 1450. The highest BCUT2D eigenvalue weighted by molar-refractivity contribution is 7.92. The first-order chi connectivity index (χ1) is 22.4. The molecule has 4 rings (SSSR count). The second kappa shape index (κ2) is 16.7. The van der Waals surface area contributed by atoms with Gasteiger partial charge in [-0.1, -0.05) is 26.2 Å². The molecule has 4 atom stereocenters. The van der Waals surface area contributed by atoms with Crippen molar-refractivity contribution in [3.63, 3.8) is 0 Å². The number of nitrogens with one attached hydrogen (secondary N) is 1. The third-order valence-corrected chi connectivity index (χ3v) is 10.6. The highest BCUT2D eigenvalue weighted by Gasteiger charge is 2.32. The predicted molar refractivity (Wildman–Crippen MR) is 178 cm³/mol. The maximum absolute atomic E-state index is 14.3. The van der Waals surface area contributed by atoms with Crippen molar-refractivity contribution in [1.82, 2.24) is 9.80 Å². The zero-order valence-corrected chi connectivity index (χ0v) is 28.8. The van der Waals surface area contributed by atoms with E-state index in [0.717, 1.165) is 69.2 Å². The van der Waals surface area contributed by atoms with E-state index in [1.54, 1.807) is 22.8 Å². The maximum Gasteiger partial charge on any atom is 0.261 e. The van der Waals surface area contributed by atoms with Gasteiger partial charge in [0.25, 0.3) is 15.9 Å². The van der Waals surface area contributed by atoms with Gasteiger partial charge in [0.1, 0.15) is 11.6 Å². The van der Waals surface area contributed by atoms with Crippen LogP contribution in [0.15, 0.2) is 47.4 Å². The minimum Gasteiger partial charge on any atom is -0.490 e. The van der Waals surface area contributed by atoms with Gasteiger partial charge in [-0.15, -0.1) is 0 Å². The summed E-state index contributed by atoms with van der Waals surface area (Å²) >= 11 is 0. The average molecular weight is 676 g/mol. The molecule has 0 aromatic heterocycles. The molecule has 0 bridgehead atoms. The molecule has 2 N–H and O–H groups in total. The largest absolute Gasteiger partial charge is 0.490 e. The van der Waals surface area contributed by atoms with Crippen LogP contribution in [0.1, 0.15) is 82.5 Å². The number of amides is 2. The first-order valence-electron chi connectivity index (χ1n) is 16.8. The predicted octanol–water partition coefficient (Wildman–Crippen LogP) is 5.46. The lowest BCUT2D eigenvalue weighted by molar-refractivity contribution is -0.137. The van der Waals surface area contributed by atoms with Crippen molar-refractivity contribution in [1.29, 1.82) is 0 Å². The van der Waals surface area contributed by atoms with E-state index in [1.807, 2.05) is 20.9 Å². The Labute approximate surface area is 278 Å². The van der Waals surface area contributed by atoms with E-state index in [0.29, 0.717) is 25.3 Å². The van der Waals surface area contributed by atoms with Gasteiger partial charge in [-0.05, 0) is 88.4 Å². The smallest absolute Gasteiger partial charge is 0.261 e. The molecule has 2 aromatic carbocycles. The fourth-order valence-electron chi connectivity index (χ4n) is 6.30. The summed E-state index contributed by atoms with van der Waals surface area (Å²) in [6, 6.07) is 8.40. The normalized spacial score (nSPS) is 22.8. The summed E-state index contributed by atoms with van der Waals surface area (Å²) in [5, 5.41) is 10.2. The minimum atomic E-state index is -4.08. The van der Waals surface area contributed by atoms with E-state index in [4.69, 9.17) is 9.47 Å². The highest BCUT2D eigenvalue weighted by Crippen LogP contribution is 2.30.